The third-order valence-electron chi connectivity index (χ3n) is 4.13. The van der Waals surface area contributed by atoms with E-state index in [4.69, 9.17) is 15.2 Å². The van der Waals surface area contributed by atoms with Gasteiger partial charge in [-0.1, -0.05) is 6.92 Å². The van der Waals surface area contributed by atoms with E-state index in [2.05, 4.69) is 0 Å². The Labute approximate surface area is 112 Å². The van der Waals surface area contributed by atoms with Crippen molar-refractivity contribution in [3.8, 4) is 0 Å². The fraction of sp³-hybridized carbons (Fsp3) is 1.00. The molecule has 2 aliphatic heterocycles. The number of ether oxygens (including phenoxy) is 2. The fourth-order valence-corrected chi connectivity index (χ4v) is 4.54. The highest BCUT2D eigenvalue weighted by Gasteiger charge is 2.40. The van der Waals surface area contributed by atoms with Crippen molar-refractivity contribution in [2.75, 3.05) is 25.6 Å². The minimum absolute atomic E-state index is 0.0624. The molecule has 0 aromatic carbocycles. The second-order valence-corrected chi connectivity index (χ2v) is 7.24. The number of hydrogen-bond acceptors (Lipinski definition) is 4. The molecule has 0 bridgehead atoms. The number of nitrogens with two attached hydrogens (primary N) is 1. The molecular formula is C13H25NO3S. The van der Waals surface area contributed by atoms with Crippen molar-refractivity contribution in [1.29, 1.82) is 0 Å². The van der Waals surface area contributed by atoms with Crippen LogP contribution in [0.15, 0.2) is 0 Å². The summed E-state index contributed by atoms with van der Waals surface area (Å²) in [6.07, 6.45) is 4.61. The predicted molar refractivity (Wildman–Crippen MR) is 73.0 cm³/mol. The highest BCUT2D eigenvalue weighted by atomic mass is 32.2. The van der Waals surface area contributed by atoms with E-state index in [-0.39, 0.29) is 16.9 Å². The quantitative estimate of drug-likeness (QED) is 0.837. The molecule has 106 valence electrons. The van der Waals surface area contributed by atoms with Gasteiger partial charge in [0.2, 0.25) is 0 Å². The summed E-state index contributed by atoms with van der Waals surface area (Å²) in [5, 5.41) is 0.259. The first-order valence-electron chi connectivity index (χ1n) is 7.00. The Morgan fingerprint density at radius 2 is 2.11 bits per heavy atom. The zero-order chi connectivity index (χ0) is 13.0. The first-order valence-corrected chi connectivity index (χ1v) is 8.38. The summed E-state index contributed by atoms with van der Waals surface area (Å²) in [5.74, 6) is 0.633. The molecule has 0 amide bonds. The third kappa shape index (κ3) is 3.53. The molecule has 1 spiro atoms. The van der Waals surface area contributed by atoms with Crippen LogP contribution in [0.3, 0.4) is 0 Å². The topological polar surface area (TPSA) is 61.6 Å². The Hall–Kier alpha value is 0.0300. The lowest BCUT2D eigenvalue weighted by molar-refractivity contribution is -0.131. The van der Waals surface area contributed by atoms with Crippen LogP contribution in [0.2, 0.25) is 0 Å². The van der Waals surface area contributed by atoms with Crippen LogP contribution in [0, 0.1) is 0 Å². The number of rotatable bonds is 4. The molecule has 3 unspecified atom stereocenters. The molecule has 0 radical (unpaired) electrons. The lowest BCUT2D eigenvalue weighted by Gasteiger charge is -2.43. The smallest absolute Gasteiger partial charge is 0.0737 e. The molecule has 2 saturated heterocycles. The van der Waals surface area contributed by atoms with Crippen LogP contribution < -0.4 is 5.73 Å². The largest absolute Gasteiger partial charge is 0.381 e. The van der Waals surface area contributed by atoms with E-state index in [0.717, 1.165) is 51.9 Å². The fourth-order valence-electron chi connectivity index (χ4n) is 2.76. The van der Waals surface area contributed by atoms with Crippen LogP contribution in [-0.2, 0) is 20.3 Å². The molecule has 2 heterocycles. The van der Waals surface area contributed by atoms with Gasteiger partial charge in [-0.15, -0.1) is 0 Å². The molecule has 2 aliphatic rings. The van der Waals surface area contributed by atoms with E-state index < -0.39 is 10.8 Å². The molecule has 0 aromatic rings. The molecule has 0 saturated carbocycles. The zero-order valence-corrected chi connectivity index (χ0v) is 12.0. The Bertz CT molecular complexity index is 286. The molecule has 2 rings (SSSR count). The van der Waals surface area contributed by atoms with Gasteiger partial charge in [-0.3, -0.25) is 4.21 Å². The normalized spacial score (nSPS) is 31.1. The van der Waals surface area contributed by atoms with Gasteiger partial charge in [-0.05, 0) is 32.1 Å². The summed E-state index contributed by atoms with van der Waals surface area (Å²) in [5.41, 5.74) is 5.84. The highest BCUT2D eigenvalue weighted by molar-refractivity contribution is 7.85. The molecule has 2 N–H and O–H groups in total. The van der Waals surface area contributed by atoms with Gasteiger partial charge in [-0.2, -0.15) is 0 Å². The van der Waals surface area contributed by atoms with Gasteiger partial charge in [-0.25, -0.2) is 0 Å². The zero-order valence-electron chi connectivity index (χ0n) is 11.2. The summed E-state index contributed by atoms with van der Waals surface area (Å²) < 4.78 is 23.7. The van der Waals surface area contributed by atoms with Crippen molar-refractivity contribution >= 4 is 10.8 Å². The van der Waals surface area contributed by atoms with Crippen molar-refractivity contribution in [1.82, 2.24) is 0 Å². The molecular weight excluding hydrogens is 250 g/mol. The summed E-state index contributed by atoms with van der Waals surface area (Å²) in [4.78, 5) is 0. The van der Waals surface area contributed by atoms with Crippen molar-refractivity contribution < 1.29 is 13.7 Å². The van der Waals surface area contributed by atoms with E-state index >= 15 is 0 Å². The van der Waals surface area contributed by atoms with Crippen LogP contribution in [0.25, 0.3) is 0 Å². The van der Waals surface area contributed by atoms with Gasteiger partial charge in [0.15, 0.2) is 0 Å². The van der Waals surface area contributed by atoms with E-state index in [1.807, 2.05) is 6.92 Å². The maximum absolute atomic E-state index is 12.3. The predicted octanol–water partition coefficient (Wildman–Crippen LogP) is 1.20. The monoisotopic (exact) mass is 275 g/mol. The molecule has 2 fully saturated rings. The molecule has 0 aliphatic carbocycles. The summed E-state index contributed by atoms with van der Waals surface area (Å²) in [6.45, 7) is 4.32. The van der Waals surface area contributed by atoms with Crippen LogP contribution >= 0.6 is 0 Å². The Morgan fingerprint density at radius 3 is 2.78 bits per heavy atom. The molecule has 4 nitrogen and oxygen atoms in total. The first-order chi connectivity index (χ1) is 8.65. The van der Waals surface area contributed by atoms with Crippen molar-refractivity contribution in [3.63, 3.8) is 0 Å². The highest BCUT2D eigenvalue weighted by Crippen LogP contribution is 2.36. The van der Waals surface area contributed by atoms with Crippen molar-refractivity contribution in [2.45, 2.75) is 55.9 Å². The minimum Gasteiger partial charge on any atom is -0.381 e. The Kier molecular flexibility index (Phi) is 5.18. The summed E-state index contributed by atoms with van der Waals surface area (Å²) in [6, 6.07) is 0.0688. The van der Waals surface area contributed by atoms with Gasteiger partial charge in [0.1, 0.15) is 0 Å². The van der Waals surface area contributed by atoms with Gasteiger partial charge < -0.3 is 15.2 Å². The first kappa shape index (κ1) is 14.4. The molecule has 18 heavy (non-hydrogen) atoms. The third-order valence-corrected chi connectivity index (χ3v) is 6.03. The maximum Gasteiger partial charge on any atom is 0.0737 e. The van der Waals surface area contributed by atoms with Crippen LogP contribution in [0.5, 0.6) is 0 Å². The summed E-state index contributed by atoms with van der Waals surface area (Å²) in [7, 11) is -0.810. The lowest BCUT2D eigenvalue weighted by Crippen LogP contribution is -2.47. The molecule has 0 aromatic heterocycles. The van der Waals surface area contributed by atoms with Crippen molar-refractivity contribution in [2.24, 2.45) is 5.73 Å². The minimum atomic E-state index is -0.810. The SMILES string of the molecule is CCC(N)CS(=O)C1CCOC2(CCOCC2)C1. The van der Waals surface area contributed by atoms with Crippen LogP contribution in [0.1, 0.15) is 39.0 Å². The average Bonchev–Trinajstić information content (AvgIpc) is 2.39. The number of hydrogen-bond donors (Lipinski definition) is 1. The van der Waals surface area contributed by atoms with Crippen molar-refractivity contribution in [3.05, 3.63) is 0 Å². The van der Waals surface area contributed by atoms with Crippen LogP contribution in [0.4, 0.5) is 0 Å². The van der Waals surface area contributed by atoms with E-state index in [1.165, 1.54) is 0 Å². The Balaban J connectivity index is 1.91. The van der Waals surface area contributed by atoms with E-state index in [1.54, 1.807) is 0 Å². The molecule has 3 atom stereocenters. The second-order valence-electron chi connectivity index (χ2n) is 5.47. The maximum atomic E-state index is 12.3. The second kappa shape index (κ2) is 6.46. The molecule has 5 heteroatoms. The van der Waals surface area contributed by atoms with Gasteiger partial charge in [0.25, 0.3) is 0 Å². The van der Waals surface area contributed by atoms with Crippen LogP contribution in [-0.4, -0.2) is 46.7 Å². The van der Waals surface area contributed by atoms with Gasteiger partial charge in [0, 0.05) is 47.7 Å². The van der Waals surface area contributed by atoms with Gasteiger partial charge >= 0.3 is 0 Å². The van der Waals surface area contributed by atoms with Gasteiger partial charge in [0.05, 0.1) is 5.60 Å². The van der Waals surface area contributed by atoms with E-state index in [9.17, 15) is 4.21 Å². The van der Waals surface area contributed by atoms with E-state index in [0.29, 0.717) is 5.75 Å². The lowest BCUT2D eigenvalue weighted by atomic mass is 9.86. The average molecular weight is 275 g/mol. The Morgan fingerprint density at radius 1 is 1.39 bits per heavy atom. The standard InChI is InChI=1S/C13H25NO3S/c1-2-11(14)10-18(15)12-3-6-17-13(9-12)4-7-16-8-5-13/h11-12H,2-10,14H2,1H3. The summed E-state index contributed by atoms with van der Waals surface area (Å²) >= 11 is 0.